The van der Waals surface area contributed by atoms with Gasteiger partial charge in [0.2, 0.25) is 0 Å². The molecule has 0 bridgehead atoms. The van der Waals surface area contributed by atoms with Crippen LogP contribution in [0.15, 0.2) is 77.5 Å². The smallest absolute Gasteiger partial charge is 0.490 e. The van der Waals surface area contributed by atoms with E-state index in [9.17, 15) is 9.59 Å². The van der Waals surface area contributed by atoms with Crippen LogP contribution < -0.4 is 0 Å². The Kier molecular flexibility index (Phi) is 8.78. The van der Waals surface area contributed by atoms with Gasteiger partial charge in [0.05, 0.1) is 22.5 Å². The first-order valence-electron chi connectivity index (χ1n) is 8.95. The van der Waals surface area contributed by atoms with Gasteiger partial charge >= 0.3 is 19.5 Å². The summed E-state index contributed by atoms with van der Waals surface area (Å²) in [6.07, 6.45) is 6.18. The number of rotatable bonds is 6. The standard InChI is InChI=1S/C21H19N7O2.Zn/c1-14(25-27-20(29)16-6-4-10-22-12-16)18-8-3-9-19(24-18)15(2)26-28-21(30)17-7-5-11-23-13-17;/h3-13H,1-2H3,(H2,24,27,28,29,30);/q;+2. The number of aromatic nitrogens is 3. The van der Waals surface area contributed by atoms with Crippen molar-refractivity contribution in [2.45, 2.75) is 13.8 Å². The van der Waals surface area contributed by atoms with Gasteiger partial charge in [0.25, 0.3) is 11.8 Å². The predicted molar refractivity (Wildman–Crippen MR) is 116 cm³/mol. The van der Waals surface area contributed by atoms with Gasteiger partial charge in [-0.25, -0.2) is 4.98 Å². The van der Waals surface area contributed by atoms with Crippen LogP contribution in [-0.2, 0) is 19.5 Å². The normalized spacial score (nSPS) is 11.3. The monoisotopic (exact) mass is 465 g/mol. The molecule has 2 amide bonds. The first-order chi connectivity index (χ1) is 14.5. The summed E-state index contributed by atoms with van der Waals surface area (Å²) in [4.78, 5) is 32.3. The van der Waals surface area contributed by atoms with Crippen molar-refractivity contribution in [2.24, 2.45) is 10.2 Å². The van der Waals surface area contributed by atoms with E-state index in [4.69, 9.17) is 0 Å². The van der Waals surface area contributed by atoms with Crippen molar-refractivity contribution in [1.29, 1.82) is 0 Å². The van der Waals surface area contributed by atoms with Crippen molar-refractivity contribution in [3.05, 3.63) is 101 Å². The maximum Gasteiger partial charge on any atom is 2.00 e. The van der Waals surface area contributed by atoms with E-state index in [1.807, 2.05) is 0 Å². The van der Waals surface area contributed by atoms with Crippen molar-refractivity contribution in [3.8, 4) is 0 Å². The first-order valence-corrected chi connectivity index (χ1v) is 8.95. The summed E-state index contributed by atoms with van der Waals surface area (Å²) in [5.41, 5.74) is 10.7. The molecule has 0 unspecified atom stereocenters. The molecule has 2 N–H and O–H groups in total. The van der Waals surface area contributed by atoms with Crippen molar-refractivity contribution < 1.29 is 29.1 Å². The van der Waals surface area contributed by atoms with E-state index in [-0.39, 0.29) is 31.3 Å². The minimum Gasteiger partial charge on any atom is -0.490 e. The third-order valence-electron chi connectivity index (χ3n) is 3.92. The van der Waals surface area contributed by atoms with Crippen LogP contribution in [0.2, 0.25) is 0 Å². The molecule has 10 heteroatoms. The van der Waals surface area contributed by atoms with Gasteiger partial charge in [-0.1, -0.05) is 6.07 Å². The zero-order valence-electron chi connectivity index (χ0n) is 17.1. The Morgan fingerprint density at radius 1 is 0.742 bits per heavy atom. The SMILES string of the molecule is CC(=N[N-]C(=[OH+])c1cccnc1)c1cccc(C(C)=N[N-]C(=[OH+])c2cccnc2)n1.[Zn+2]. The van der Waals surface area contributed by atoms with Gasteiger partial charge < -0.3 is 21.1 Å². The number of amides is 2. The van der Waals surface area contributed by atoms with Crippen LogP contribution in [0.1, 0.15) is 36.4 Å². The molecule has 3 rings (SSSR count). The van der Waals surface area contributed by atoms with Crippen LogP contribution >= 0.6 is 0 Å². The van der Waals surface area contributed by atoms with Gasteiger partial charge in [-0.2, -0.15) is 0 Å². The first kappa shape index (κ1) is 23.6. The maximum atomic E-state index is 10.00. The minimum atomic E-state index is -0.239. The van der Waals surface area contributed by atoms with Crippen LogP contribution in [0, 0.1) is 0 Å². The van der Waals surface area contributed by atoms with Crippen LogP contribution in [-0.4, -0.2) is 47.8 Å². The predicted octanol–water partition coefficient (Wildman–Crippen LogP) is 3.17. The van der Waals surface area contributed by atoms with Gasteiger partial charge in [-0.15, -0.1) is 0 Å². The Morgan fingerprint density at radius 3 is 1.58 bits per heavy atom. The molecule has 3 aromatic heterocycles. The zero-order valence-corrected chi connectivity index (χ0v) is 20.1. The van der Waals surface area contributed by atoms with Crippen LogP contribution in [0.4, 0.5) is 0 Å². The molecule has 9 nitrogen and oxygen atoms in total. The Balaban J connectivity index is 0.00000341. The van der Waals surface area contributed by atoms with Crippen molar-refractivity contribution >= 4 is 23.2 Å². The van der Waals surface area contributed by atoms with Crippen molar-refractivity contribution in [1.82, 2.24) is 15.0 Å². The summed E-state index contributed by atoms with van der Waals surface area (Å²) >= 11 is 0. The van der Waals surface area contributed by atoms with Crippen LogP contribution in [0.25, 0.3) is 10.9 Å². The van der Waals surface area contributed by atoms with Crippen molar-refractivity contribution in [3.63, 3.8) is 0 Å². The molecule has 0 saturated carbocycles. The number of pyridine rings is 3. The molecular formula is C21H19N7O2Zn+2. The molecule has 31 heavy (non-hydrogen) atoms. The number of hydrogen-bond acceptors (Lipinski definition) is 5. The average Bonchev–Trinajstić information content (AvgIpc) is 2.81. The minimum absolute atomic E-state index is 0. The topological polar surface area (TPSA) is 134 Å². The quantitative estimate of drug-likeness (QED) is 0.239. The molecular weight excluding hydrogens is 448 g/mol. The van der Waals surface area contributed by atoms with E-state index in [1.165, 1.54) is 12.4 Å². The molecule has 150 valence electrons. The summed E-state index contributed by atoms with van der Waals surface area (Å²) in [6, 6.07) is 12.1. The molecule has 0 radical (unpaired) electrons. The van der Waals surface area contributed by atoms with Crippen LogP contribution in [0.5, 0.6) is 0 Å². The fourth-order valence-corrected chi connectivity index (χ4v) is 2.29. The van der Waals surface area contributed by atoms with Crippen molar-refractivity contribution in [2.75, 3.05) is 0 Å². The molecule has 0 spiro atoms. The van der Waals surface area contributed by atoms with E-state index in [2.05, 4.69) is 36.0 Å². The summed E-state index contributed by atoms with van der Waals surface area (Å²) in [6.45, 7) is 3.45. The molecule has 0 aliphatic rings. The zero-order chi connectivity index (χ0) is 21.3. The molecule has 0 aliphatic carbocycles. The number of hydrogen-bond donors (Lipinski definition) is 0. The van der Waals surface area contributed by atoms with E-state index in [0.717, 1.165) is 0 Å². The Hall–Kier alpha value is -3.65. The van der Waals surface area contributed by atoms with E-state index < -0.39 is 0 Å². The summed E-state index contributed by atoms with van der Waals surface area (Å²) < 4.78 is 0. The Morgan fingerprint density at radius 2 is 1.19 bits per heavy atom. The molecule has 0 fully saturated rings. The van der Waals surface area contributed by atoms with Gasteiger partial charge in [-0.3, -0.25) is 19.6 Å². The Labute approximate surface area is 191 Å². The second-order valence-electron chi connectivity index (χ2n) is 6.11. The second-order valence-corrected chi connectivity index (χ2v) is 6.11. The fraction of sp³-hybridized carbons (Fsp3) is 0.0952. The van der Waals surface area contributed by atoms with Gasteiger partial charge in [0.1, 0.15) is 0 Å². The molecule has 0 aliphatic heterocycles. The largest absolute Gasteiger partial charge is 2.00 e. The van der Waals surface area contributed by atoms with Gasteiger partial charge in [0.15, 0.2) is 0 Å². The summed E-state index contributed by atoms with van der Waals surface area (Å²) in [7, 11) is 0. The maximum absolute atomic E-state index is 10.00. The molecule has 0 atom stereocenters. The molecule has 3 heterocycles. The summed E-state index contributed by atoms with van der Waals surface area (Å²) in [5.74, 6) is -0.479. The van der Waals surface area contributed by atoms with E-state index in [1.54, 1.807) is 68.7 Å². The van der Waals surface area contributed by atoms with Crippen LogP contribution in [0.3, 0.4) is 0 Å². The van der Waals surface area contributed by atoms with E-state index >= 15 is 0 Å². The third kappa shape index (κ3) is 6.68. The molecule has 0 aromatic carbocycles. The fourth-order valence-electron chi connectivity index (χ4n) is 2.29. The third-order valence-corrected chi connectivity index (χ3v) is 3.92. The average molecular weight is 467 g/mol. The van der Waals surface area contributed by atoms with E-state index in [0.29, 0.717) is 33.9 Å². The van der Waals surface area contributed by atoms with Gasteiger partial charge in [-0.05, 0) is 50.2 Å². The summed E-state index contributed by atoms with van der Waals surface area (Å²) in [5, 5.41) is 8.07. The Bertz CT molecular complexity index is 1020. The second kappa shape index (κ2) is 11.5. The number of nitrogens with zero attached hydrogens (tertiary/aromatic N) is 7. The van der Waals surface area contributed by atoms with Gasteiger partial charge in [0, 0.05) is 36.2 Å². The number of carbonyl (C=O) groups excluding carboxylic acids is 2. The molecule has 0 saturated heterocycles. The molecule has 3 aromatic rings.